The maximum atomic E-state index is 11.6. The summed E-state index contributed by atoms with van der Waals surface area (Å²) in [5.41, 5.74) is 2.14. The molecule has 0 aliphatic rings. The van der Waals surface area contributed by atoms with Crippen LogP contribution in [-0.4, -0.2) is 22.4 Å². The van der Waals surface area contributed by atoms with Crippen LogP contribution >= 0.6 is 11.3 Å². The summed E-state index contributed by atoms with van der Waals surface area (Å²) >= 11 is 1.69. The van der Waals surface area contributed by atoms with Gasteiger partial charge in [0.1, 0.15) is 5.01 Å². The normalized spacial score (nSPS) is 10.6. The number of carbonyl (C=O) groups excluding carboxylic acids is 1. The van der Waals surface area contributed by atoms with Crippen LogP contribution in [0.4, 0.5) is 0 Å². The van der Waals surface area contributed by atoms with Gasteiger partial charge < -0.3 is 5.32 Å². The van der Waals surface area contributed by atoms with E-state index in [0.29, 0.717) is 13.0 Å². The predicted octanol–water partition coefficient (Wildman–Crippen LogP) is 3.36. The van der Waals surface area contributed by atoms with Crippen molar-refractivity contribution in [3.05, 3.63) is 35.1 Å². The van der Waals surface area contributed by atoms with Gasteiger partial charge in [-0.2, -0.15) is 0 Å². The van der Waals surface area contributed by atoms with Crippen LogP contribution in [0.15, 0.2) is 24.5 Å². The van der Waals surface area contributed by atoms with Crippen LogP contribution in [0.3, 0.4) is 0 Å². The van der Waals surface area contributed by atoms with Gasteiger partial charge in [-0.15, -0.1) is 11.3 Å². The lowest BCUT2D eigenvalue weighted by Gasteiger charge is -2.03. The molecule has 0 unspecified atom stereocenters. The lowest BCUT2D eigenvalue weighted by atomic mass is 10.2. The Kier molecular flexibility index (Phi) is 5.87. The molecule has 0 bridgehead atoms. The number of nitrogens with zero attached hydrogens (tertiary/aromatic N) is 2. The Bertz CT molecular complexity index is 580. The van der Waals surface area contributed by atoms with Crippen LogP contribution in [0.5, 0.6) is 0 Å². The van der Waals surface area contributed by atoms with Gasteiger partial charge in [0, 0.05) is 42.2 Å². The topological polar surface area (TPSA) is 54.9 Å². The van der Waals surface area contributed by atoms with Crippen molar-refractivity contribution < 1.29 is 4.79 Å². The van der Waals surface area contributed by atoms with Crippen LogP contribution in [0.1, 0.15) is 36.8 Å². The maximum Gasteiger partial charge on any atom is 0.220 e. The second-order valence-electron chi connectivity index (χ2n) is 4.97. The number of carbonyl (C=O) groups is 1. The maximum absolute atomic E-state index is 11.6. The van der Waals surface area contributed by atoms with Gasteiger partial charge in [-0.3, -0.25) is 9.78 Å². The highest BCUT2D eigenvalue weighted by atomic mass is 32.1. The van der Waals surface area contributed by atoms with Crippen molar-refractivity contribution in [2.45, 2.75) is 39.5 Å². The molecular weight excluding hydrogens is 282 g/mol. The number of hydrogen-bond donors (Lipinski definition) is 1. The van der Waals surface area contributed by atoms with Crippen LogP contribution in [0.2, 0.25) is 0 Å². The number of aromatic nitrogens is 2. The molecule has 0 aliphatic carbocycles. The molecule has 0 aliphatic heterocycles. The van der Waals surface area contributed by atoms with Crippen molar-refractivity contribution >= 4 is 17.2 Å². The number of unbranched alkanes of at least 4 members (excludes halogenated alkanes) is 1. The Balaban J connectivity index is 1.90. The minimum atomic E-state index is 0.147. The van der Waals surface area contributed by atoms with E-state index in [1.807, 2.05) is 19.1 Å². The third-order valence-electron chi connectivity index (χ3n) is 3.25. The van der Waals surface area contributed by atoms with Crippen molar-refractivity contribution in [1.29, 1.82) is 0 Å². The van der Waals surface area contributed by atoms with Crippen molar-refractivity contribution in [2.75, 3.05) is 6.54 Å². The zero-order valence-electron chi connectivity index (χ0n) is 12.6. The SMILES string of the molecule is CCCCC(=O)NCCc1sc(-c2ccncc2)nc1C. The number of pyridine rings is 1. The number of amides is 1. The summed E-state index contributed by atoms with van der Waals surface area (Å²) in [6.07, 6.45) is 7.03. The third-order valence-corrected chi connectivity index (χ3v) is 4.52. The van der Waals surface area contributed by atoms with Crippen molar-refractivity contribution in [1.82, 2.24) is 15.3 Å². The first kappa shape index (κ1) is 15.6. The van der Waals surface area contributed by atoms with Crippen LogP contribution in [-0.2, 0) is 11.2 Å². The monoisotopic (exact) mass is 303 g/mol. The van der Waals surface area contributed by atoms with Gasteiger partial charge in [-0.1, -0.05) is 13.3 Å². The fraction of sp³-hybridized carbons (Fsp3) is 0.438. The average molecular weight is 303 g/mol. The lowest BCUT2D eigenvalue weighted by molar-refractivity contribution is -0.121. The molecule has 0 fully saturated rings. The van der Waals surface area contributed by atoms with Crippen LogP contribution < -0.4 is 5.32 Å². The Labute approximate surface area is 129 Å². The number of nitrogens with one attached hydrogen (secondary N) is 1. The molecule has 4 nitrogen and oxygen atoms in total. The Hall–Kier alpha value is -1.75. The molecule has 112 valence electrons. The summed E-state index contributed by atoms with van der Waals surface area (Å²) in [5.74, 6) is 0.147. The number of hydrogen-bond acceptors (Lipinski definition) is 4. The third kappa shape index (κ3) is 4.63. The first-order valence-corrected chi connectivity index (χ1v) is 8.15. The second-order valence-corrected chi connectivity index (χ2v) is 6.05. The molecule has 0 atom stereocenters. The van der Waals surface area contributed by atoms with E-state index in [9.17, 15) is 4.79 Å². The molecule has 5 heteroatoms. The van der Waals surface area contributed by atoms with E-state index in [4.69, 9.17) is 0 Å². The molecule has 0 aromatic carbocycles. The molecule has 0 saturated heterocycles. The summed E-state index contributed by atoms with van der Waals surface area (Å²) in [4.78, 5) is 21.4. The number of aryl methyl sites for hydroxylation is 1. The molecule has 2 heterocycles. The van der Waals surface area contributed by atoms with Gasteiger partial charge in [0.15, 0.2) is 0 Å². The fourth-order valence-corrected chi connectivity index (χ4v) is 3.09. The molecule has 1 amide bonds. The van der Waals surface area contributed by atoms with Gasteiger partial charge in [-0.25, -0.2) is 4.98 Å². The van der Waals surface area contributed by atoms with Gasteiger partial charge in [0.05, 0.1) is 5.69 Å². The molecule has 21 heavy (non-hydrogen) atoms. The summed E-state index contributed by atoms with van der Waals surface area (Å²) in [6, 6.07) is 3.93. The Morgan fingerprint density at radius 1 is 1.33 bits per heavy atom. The van der Waals surface area contributed by atoms with Crippen molar-refractivity contribution in [3.8, 4) is 10.6 Å². The van der Waals surface area contributed by atoms with E-state index in [-0.39, 0.29) is 5.91 Å². The van der Waals surface area contributed by atoms with Crippen LogP contribution in [0, 0.1) is 6.92 Å². The van der Waals surface area contributed by atoms with E-state index >= 15 is 0 Å². The fourth-order valence-electron chi connectivity index (χ4n) is 2.02. The quantitative estimate of drug-likeness (QED) is 0.853. The molecule has 2 rings (SSSR count). The minimum absolute atomic E-state index is 0.147. The highest BCUT2D eigenvalue weighted by molar-refractivity contribution is 7.15. The van der Waals surface area contributed by atoms with Gasteiger partial charge >= 0.3 is 0 Å². The highest BCUT2D eigenvalue weighted by Crippen LogP contribution is 2.27. The highest BCUT2D eigenvalue weighted by Gasteiger charge is 2.09. The zero-order valence-corrected chi connectivity index (χ0v) is 13.4. The van der Waals surface area contributed by atoms with Crippen LogP contribution in [0.25, 0.3) is 10.6 Å². The van der Waals surface area contributed by atoms with E-state index < -0.39 is 0 Å². The van der Waals surface area contributed by atoms with E-state index in [2.05, 4.69) is 22.2 Å². The molecule has 0 radical (unpaired) electrons. The zero-order chi connectivity index (χ0) is 15.1. The van der Waals surface area contributed by atoms with Crippen molar-refractivity contribution in [3.63, 3.8) is 0 Å². The standard InChI is InChI=1S/C16H21N3OS/c1-3-4-5-15(20)18-11-8-14-12(2)19-16(21-14)13-6-9-17-10-7-13/h6-7,9-10H,3-5,8,11H2,1-2H3,(H,18,20). The number of thiazole rings is 1. The lowest BCUT2D eigenvalue weighted by Crippen LogP contribution is -2.25. The molecule has 2 aromatic rings. The van der Waals surface area contributed by atoms with E-state index in [0.717, 1.165) is 35.5 Å². The Morgan fingerprint density at radius 3 is 2.81 bits per heavy atom. The summed E-state index contributed by atoms with van der Waals surface area (Å²) in [5, 5.41) is 3.99. The first-order chi connectivity index (χ1) is 10.2. The van der Waals surface area contributed by atoms with E-state index in [1.165, 1.54) is 4.88 Å². The summed E-state index contributed by atoms with van der Waals surface area (Å²) in [7, 11) is 0. The predicted molar refractivity (Wildman–Crippen MR) is 86.3 cm³/mol. The Morgan fingerprint density at radius 2 is 2.10 bits per heavy atom. The molecule has 0 saturated carbocycles. The summed E-state index contributed by atoms with van der Waals surface area (Å²) < 4.78 is 0. The first-order valence-electron chi connectivity index (χ1n) is 7.34. The average Bonchev–Trinajstić information content (AvgIpc) is 2.87. The largest absolute Gasteiger partial charge is 0.356 e. The molecular formula is C16H21N3OS. The van der Waals surface area contributed by atoms with Gasteiger partial charge in [0.2, 0.25) is 5.91 Å². The second kappa shape index (κ2) is 7.88. The molecule has 2 aromatic heterocycles. The van der Waals surface area contributed by atoms with E-state index in [1.54, 1.807) is 23.7 Å². The number of rotatable bonds is 7. The minimum Gasteiger partial charge on any atom is -0.356 e. The molecule has 1 N–H and O–H groups in total. The van der Waals surface area contributed by atoms with Crippen molar-refractivity contribution in [2.24, 2.45) is 0 Å². The summed E-state index contributed by atoms with van der Waals surface area (Å²) in [6.45, 7) is 4.80. The van der Waals surface area contributed by atoms with Gasteiger partial charge in [-0.05, 0) is 25.5 Å². The van der Waals surface area contributed by atoms with Gasteiger partial charge in [0.25, 0.3) is 0 Å². The molecule has 0 spiro atoms. The smallest absolute Gasteiger partial charge is 0.220 e.